The predicted octanol–water partition coefficient (Wildman–Crippen LogP) is 4.34. The van der Waals surface area contributed by atoms with E-state index in [9.17, 15) is 9.90 Å². The lowest BCUT2D eigenvalue weighted by Crippen LogP contribution is -1.85. The minimum atomic E-state index is 0.0684. The normalized spacial score (nSPS) is 11.2. The van der Waals surface area contributed by atoms with Crippen molar-refractivity contribution < 1.29 is 23.8 Å². The molecular weight excluding hydrogens is 320 g/mol. The van der Waals surface area contributed by atoms with Gasteiger partial charge in [-0.25, -0.2) is 0 Å². The summed E-state index contributed by atoms with van der Waals surface area (Å²) >= 11 is 0. The molecule has 0 atom stereocenters. The van der Waals surface area contributed by atoms with Crippen LogP contribution in [-0.4, -0.2) is 25.6 Å². The molecule has 0 saturated carbocycles. The Morgan fingerprint density at radius 3 is 2.52 bits per heavy atom. The van der Waals surface area contributed by atoms with E-state index in [1.165, 1.54) is 13.2 Å². The third kappa shape index (κ3) is 2.96. The number of phenolic OH excluding ortho intramolecular Hbond substituents is 1. The maximum Gasteiger partial charge on any atom is 0.176 e. The molecule has 0 aliphatic rings. The summed E-state index contributed by atoms with van der Waals surface area (Å²) in [6, 6.07) is 8.81. The van der Waals surface area contributed by atoms with Crippen molar-refractivity contribution in [2.24, 2.45) is 0 Å². The van der Waals surface area contributed by atoms with Crippen LogP contribution in [0.5, 0.6) is 17.2 Å². The Balaban J connectivity index is 2.22. The zero-order valence-corrected chi connectivity index (χ0v) is 14.2. The van der Waals surface area contributed by atoms with Crippen LogP contribution in [0, 0.1) is 6.92 Å². The van der Waals surface area contributed by atoms with Crippen molar-refractivity contribution >= 4 is 23.3 Å². The molecule has 0 bridgehead atoms. The van der Waals surface area contributed by atoms with Gasteiger partial charge < -0.3 is 19.0 Å². The molecule has 1 N–H and O–H groups in total. The van der Waals surface area contributed by atoms with Crippen LogP contribution in [0.4, 0.5) is 0 Å². The van der Waals surface area contributed by atoms with E-state index in [-0.39, 0.29) is 5.75 Å². The second kappa shape index (κ2) is 6.73. The molecule has 1 aromatic heterocycles. The van der Waals surface area contributed by atoms with Crippen LogP contribution >= 0.6 is 0 Å². The molecule has 2 aromatic carbocycles. The fourth-order valence-corrected chi connectivity index (χ4v) is 2.80. The quantitative estimate of drug-likeness (QED) is 0.553. The molecule has 0 aliphatic carbocycles. The summed E-state index contributed by atoms with van der Waals surface area (Å²) in [5.41, 5.74) is 3.19. The van der Waals surface area contributed by atoms with E-state index in [4.69, 9.17) is 13.9 Å². The average molecular weight is 338 g/mol. The van der Waals surface area contributed by atoms with Gasteiger partial charge in [-0.2, -0.15) is 0 Å². The van der Waals surface area contributed by atoms with Gasteiger partial charge in [0.1, 0.15) is 12.0 Å². The smallest absolute Gasteiger partial charge is 0.176 e. The van der Waals surface area contributed by atoms with Crippen LogP contribution in [-0.2, 0) is 4.79 Å². The molecule has 0 amide bonds. The van der Waals surface area contributed by atoms with Gasteiger partial charge in [0, 0.05) is 16.5 Å². The van der Waals surface area contributed by atoms with Crippen LogP contribution in [0.2, 0.25) is 0 Å². The van der Waals surface area contributed by atoms with Gasteiger partial charge in [-0.3, -0.25) is 4.79 Å². The van der Waals surface area contributed by atoms with Crippen molar-refractivity contribution in [3.8, 4) is 28.6 Å². The standard InChI is InChI=1S/C20H18O5/c1-12-15-9-13(5-4-8-21)10-18(24-3)20(15)25-19(12)14-6-7-16(22)17(11-14)23-2/h4-11,22H,1-3H3/b5-4+. The van der Waals surface area contributed by atoms with Gasteiger partial charge in [0.05, 0.1) is 14.2 Å². The Labute approximate surface area is 145 Å². The highest BCUT2D eigenvalue weighted by Gasteiger charge is 2.17. The molecule has 0 fully saturated rings. The van der Waals surface area contributed by atoms with Gasteiger partial charge in [-0.05, 0) is 48.9 Å². The van der Waals surface area contributed by atoms with Gasteiger partial charge in [-0.15, -0.1) is 0 Å². The molecule has 0 spiro atoms. The van der Waals surface area contributed by atoms with E-state index in [2.05, 4.69) is 0 Å². The number of aryl methyl sites for hydroxylation is 1. The molecule has 5 heteroatoms. The number of furan rings is 1. The van der Waals surface area contributed by atoms with Crippen molar-refractivity contribution in [3.63, 3.8) is 0 Å². The molecular formula is C20H18O5. The summed E-state index contributed by atoms with van der Waals surface area (Å²) in [4.78, 5) is 10.6. The lowest BCUT2D eigenvalue weighted by Gasteiger charge is -2.05. The fourth-order valence-electron chi connectivity index (χ4n) is 2.80. The van der Waals surface area contributed by atoms with Crippen molar-refractivity contribution in [1.29, 1.82) is 0 Å². The van der Waals surface area contributed by atoms with Crippen molar-refractivity contribution in [3.05, 3.63) is 47.5 Å². The highest BCUT2D eigenvalue weighted by atomic mass is 16.5. The molecule has 5 nitrogen and oxygen atoms in total. The highest BCUT2D eigenvalue weighted by molar-refractivity contribution is 5.94. The van der Waals surface area contributed by atoms with E-state index >= 15 is 0 Å². The zero-order valence-electron chi connectivity index (χ0n) is 14.2. The van der Waals surface area contributed by atoms with E-state index < -0.39 is 0 Å². The van der Waals surface area contributed by atoms with Crippen molar-refractivity contribution in [2.75, 3.05) is 14.2 Å². The molecule has 0 radical (unpaired) electrons. The second-order valence-corrected chi connectivity index (χ2v) is 5.54. The van der Waals surface area contributed by atoms with Crippen LogP contribution in [0.1, 0.15) is 11.1 Å². The monoisotopic (exact) mass is 338 g/mol. The number of allylic oxidation sites excluding steroid dienone is 1. The number of carbonyl (C=O) groups is 1. The molecule has 3 rings (SSSR count). The lowest BCUT2D eigenvalue weighted by atomic mass is 10.0. The number of fused-ring (bicyclic) bond motifs is 1. The number of hydrogen-bond acceptors (Lipinski definition) is 5. The summed E-state index contributed by atoms with van der Waals surface area (Å²) in [5, 5.41) is 10.7. The zero-order chi connectivity index (χ0) is 18.0. The van der Waals surface area contributed by atoms with Crippen LogP contribution < -0.4 is 9.47 Å². The molecule has 3 aromatic rings. The molecule has 0 saturated heterocycles. The van der Waals surface area contributed by atoms with E-state index in [0.717, 1.165) is 28.4 Å². The first-order chi connectivity index (χ1) is 12.1. The van der Waals surface area contributed by atoms with E-state index in [1.807, 2.05) is 19.1 Å². The third-order valence-electron chi connectivity index (χ3n) is 4.05. The lowest BCUT2D eigenvalue weighted by molar-refractivity contribution is -0.104. The number of aldehydes is 1. The number of aromatic hydroxyl groups is 1. The van der Waals surface area contributed by atoms with Crippen molar-refractivity contribution in [2.45, 2.75) is 6.92 Å². The van der Waals surface area contributed by atoms with Crippen LogP contribution in [0.25, 0.3) is 28.4 Å². The largest absolute Gasteiger partial charge is 0.504 e. The number of phenols is 1. The first-order valence-corrected chi connectivity index (χ1v) is 7.69. The van der Waals surface area contributed by atoms with Crippen LogP contribution in [0.15, 0.2) is 40.8 Å². The predicted molar refractivity (Wildman–Crippen MR) is 96.3 cm³/mol. The average Bonchev–Trinajstić information content (AvgIpc) is 2.96. The topological polar surface area (TPSA) is 68.9 Å². The Morgan fingerprint density at radius 1 is 1.08 bits per heavy atom. The Morgan fingerprint density at radius 2 is 1.84 bits per heavy atom. The third-order valence-corrected chi connectivity index (χ3v) is 4.05. The van der Waals surface area contributed by atoms with Crippen molar-refractivity contribution in [1.82, 2.24) is 0 Å². The minimum Gasteiger partial charge on any atom is -0.504 e. The molecule has 0 aliphatic heterocycles. The van der Waals surface area contributed by atoms with Gasteiger partial charge >= 0.3 is 0 Å². The van der Waals surface area contributed by atoms with E-state index in [1.54, 1.807) is 31.4 Å². The van der Waals surface area contributed by atoms with Gasteiger partial charge in [0.15, 0.2) is 22.8 Å². The maximum atomic E-state index is 10.6. The van der Waals surface area contributed by atoms with Gasteiger partial charge in [0.2, 0.25) is 0 Å². The van der Waals surface area contributed by atoms with E-state index in [0.29, 0.717) is 22.8 Å². The molecule has 0 unspecified atom stereocenters. The Hall–Kier alpha value is -3.21. The Kier molecular flexibility index (Phi) is 4.48. The second-order valence-electron chi connectivity index (χ2n) is 5.54. The maximum absolute atomic E-state index is 10.6. The number of methoxy groups -OCH3 is 2. The fraction of sp³-hybridized carbons (Fsp3) is 0.150. The summed E-state index contributed by atoms with van der Waals surface area (Å²) in [6.07, 6.45) is 3.87. The summed E-state index contributed by atoms with van der Waals surface area (Å²) in [6.45, 7) is 1.95. The van der Waals surface area contributed by atoms with Gasteiger partial charge in [-0.1, -0.05) is 6.08 Å². The first-order valence-electron chi connectivity index (χ1n) is 7.69. The first kappa shape index (κ1) is 16.6. The highest BCUT2D eigenvalue weighted by Crippen LogP contribution is 2.40. The minimum absolute atomic E-state index is 0.0684. The molecule has 128 valence electrons. The number of ether oxygens (including phenoxy) is 2. The molecule has 1 heterocycles. The number of hydrogen-bond donors (Lipinski definition) is 1. The molecule has 25 heavy (non-hydrogen) atoms. The SMILES string of the molecule is COc1cc(-c2oc3c(OC)cc(/C=C/C=O)cc3c2C)ccc1O. The Bertz CT molecular complexity index is 966. The number of benzene rings is 2. The van der Waals surface area contributed by atoms with Crippen LogP contribution in [0.3, 0.4) is 0 Å². The number of rotatable bonds is 5. The summed E-state index contributed by atoms with van der Waals surface area (Å²) < 4.78 is 16.7. The van der Waals surface area contributed by atoms with Gasteiger partial charge in [0.25, 0.3) is 0 Å². The summed E-state index contributed by atoms with van der Waals surface area (Å²) in [5.74, 6) is 1.70. The number of carbonyl (C=O) groups excluding carboxylic acids is 1. The summed E-state index contributed by atoms with van der Waals surface area (Å²) in [7, 11) is 3.07.